The summed E-state index contributed by atoms with van der Waals surface area (Å²) < 4.78 is 15.9. The van der Waals surface area contributed by atoms with E-state index in [2.05, 4.69) is 12.2 Å². The van der Waals surface area contributed by atoms with Gasteiger partial charge >= 0.3 is 7.82 Å². The summed E-state index contributed by atoms with van der Waals surface area (Å²) in [5, 5.41) is 2.84. The van der Waals surface area contributed by atoms with Crippen molar-refractivity contribution >= 4 is 13.7 Å². The second kappa shape index (κ2) is 13.9. The van der Waals surface area contributed by atoms with E-state index in [1.165, 1.54) is 13.3 Å². The first kappa shape index (κ1) is 24.8. The average molecular weight is 387 g/mol. The second-order valence-corrected chi connectivity index (χ2v) is 7.11. The smallest absolute Gasteiger partial charge is 0.347 e. The topological polar surface area (TPSA) is 95.9 Å². The van der Waals surface area contributed by atoms with Crippen LogP contribution in [0.1, 0.15) is 77.8 Å². The van der Waals surface area contributed by atoms with E-state index in [1.807, 2.05) is 32.0 Å². The van der Waals surface area contributed by atoms with Crippen LogP contribution in [0.4, 0.5) is 0 Å². The van der Waals surface area contributed by atoms with Crippen molar-refractivity contribution in [1.82, 2.24) is 5.32 Å². The van der Waals surface area contributed by atoms with Gasteiger partial charge < -0.3 is 15.1 Å². The van der Waals surface area contributed by atoms with E-state index in [-0.39, 0.29) is 5.91 Å². The highest BCUT2D eigenvalue weighted by molar-refractivity contribution is 7.46. The minimum Gasteiger partial charge on any atom is -0.347 e. The number of amides is 1. The van der Waals surface area contributed by atoms with Crippen molar-refractivity contribution in [3.8, 4) is 0 Å². The van der Waals surface area contributed by atoms with Crippen LogP contribution >= 0.6 is 7.82 Å². The Kier molecular flexibility index (Phi) is 13.3. The number of phosphoric acid groups is 1. The third-order valence-electron chi connectivity index (χ3n) is 3.76. The highest BCUT2D eigenvalue weighted by Gasteiger charge is 2.28. The molecule has 0 aliphatic rings. The molecule has 1 rings (SSSR count). The lowest BCUT2D eigenvalue weighted by atomic mass is 10.0. The summed E-state index contributed by atoms with van der Waals surface area (Å²) in [5.74, 6) is -0.137. The molecular formula is C19H34NO5P. The first-order valence-corrected chi connectivity index (χ1v) is 10.9. The van der Waals surface area contributed by atoms with Gasteiger partial charge in [0.25, 0.3) is 0 Å². The Bertz CT molecular complexity index is 532. The lowest BCUT2D eigenvalue weighted by Gasteiger charge is -2.26. The fraction of sp³-hybridized carbons (Fsp3) is 0.632. The number of hydrogen-bond donors (Lipinski definition) is 3. The molecule has 0 fully saturated rings. The molecule has 0 radical (unpaired) electrons. The summed E-state index contributed by atoms with van der Waals surface area (Å²) in [5.41, 5.74) is 0.748. The van der Waals surface area contributed by atoms with E-state index >= 15 is 0 Å². The number of hydrogen-bond acceptors (Lipinski definition) is 3. The Balaban J connectivity index is 0.00000301. The summed E-state index contributed by atoms with van der Waals surface area (Å²) in [4.78, 5) is 30.2. The maximum absolute atomic E-state index is 12.2. The Morgan fingerprint density at radius 1 is 1.12 bits per heavy atom. The van der Waals surface area contributed by atoms with Crippen LogP contribution in [0.5, 0.6) is 0 Å². The molecule has 0 spiro atoms. The van der Waals surface area contributed by atoms with E-state index in [0.717, 1.165) is 31.2 Å². The van der Waals surface area contributed by atoms with Crippen LogP contribution in [0, 0.1) is 0 Å². The van der Waals surface area contributed by atoms with Crippen molar-refractivity contribution in [3.63, 3.8) is 0 Å². The minimum absolute atomic E-state index is 0.137. The maximum atomic E-state index is 12.2. The molecule has 7 heteroatoms. The maximum Gasteiger partial charge on any atom is 0.469 e. The van der Waals surface area contributed by atoms with Crippen molar-refractivity contribution in [2.75, 3.05) is 0 Å². The molecule has 1 amide bonds. The van der Waals surface area contributed by atoms with E-state index in [0.29, 0.717) is 6.42 Å². The van der Waals surface area contributed by atoms with E-state index in [1.54, 1.807) is 12.1 Å². The summed E-state index contributed by atoms with van der Waals surface area (Å²) in [6, 6.07) is 8.44. The predicted octanol–water partition coefficient (Wildman–Crippen LogP) is 4.73. The van der Waals surface area contributed by atoms with Crippen LogP contribution in [0.25, 0.3) is 0 Å². The third-order valence-corrected chi connectivity index (χ3v) is 4.36. The van der Waals surface area contributed by atoms with Gasteiger partial charge in [-0.1, -0.05) is 76.8 Å². The molecule has 1 aromatic carbocycles. The van der Waals surface area contributed by atoms with Gasteiger partial charge in [0.15, 0.2) is 0 Å². The molecule has 0 heterocycles. The Morgan fingerprint density at radius 3 is 2.23 bits per heavy atom. The number of nitrogens with one attached hydrogen (secondary N) is 1. The fourth-order valence-corrected chi connectivity index (χ4v) is 3.10. The van der Waals surface area contributed by atoms with Gasteiger partial charge in [-0.15, -0.1) is 0 Å². The standard InChI is InChI=1S/C17H28NO5P.C2H6/c1-3-4-5-6-10-13-16(19)18-17(14(2)23-24(20,21)22)15-11-8-7-9-12-15;1-2/h7-9,11-12,14,17H,3-6,10,13H2,1-2H3,(H,18,19)(H2,20,21,22);1-2H3. The molecule has 6 nitrogen and oxygen atoms in total. The largest absolute Gasteiger partial charge is 0.469 e. The van der Waals surface area contributed by atoms with Crippen LogP contribution < -0.4 is 5.32 Å². The Labute approximate surface area is 157 Å². The zero-order chi connectivity index (χ0) is 20.0. The van der Waals surface area contributed by atoms with E-state index in [9.17, 15) is 9.36 Å². The molecule has 150 valence electrons. The van der Waals surface area contributed by atoms with Gasteiger partial charge in [0.1, 0.15) is 0 Å². The van der Waals surface area contributed by atoms with Crippen molar-refractivity contribution < 1.29 is 23.7 Å². The zero-order valence-corrected chi connectivity index (χ0v) is 17.2. The molecule has 0 aliphatic carbocycles. The van der Waals surface area contributed by atoms with Crippen LogP contribution in [0.15, 0.2) is 30.3 Å². The van der Waals surface area contributed by atoms with Gasteiger partial charge in [-0.25, -0.2) is 4.57 Å². The molecule has 0 saturated heterocycles. The summed E-state index contributed by atoms with van der Waals surface area (Å²) in [6.07, 6.45) is 4.80. The first-order valence-electron chi connectivity index (χ1n) is 9.41. The number of unbranched alkanes of at least 4 members (excludes halogenated alkanes) is 4. The summed E-state index contributed by atoms with van der Waals surface area (Å²) in [6.45, 7) is 7.68. The molecule has 0 aromatic heterocycles. The molecule has 0 saturated carbocycles. The van der Waals surface area contributed by atoms with Crippen LogP contribution in [-0.4, -0.2) is 21.8 Å². The Morgan fingerprint density at radius 2 is 1.69 bits per heavy atom. The van der Waals surface area contributed by atoms with Crippen LogP contribution in [-0.2, 0) is 13.9 Å². The molecule has 2 unspecified atom stereocenters. The molecule has 0 bridgehead atoms. The van der Waals surface area contributed by atoms with Gasteiger partial charge in [-0.05, 0) is 18.9 Å². The monoisotopic (exact) mass is 387 g/mol. The molecule has 2 atom stereocenters. The van der Waals surface area contributed by atoms with Crippen LogP contribution in [0.2, 0.25) is 0 Å². The average Bonchev–Trinajstić information content (AvgIpc) is 2.60. The van der Waals surface area contributed by atoms with Crippen molar-refractivity contribution in [2.24, 2.45) is 0 Å². The molecule has 3 N–H and O–H groups in total. The van der Waals surface area contributed by atoms with Crippen LogP contribution in [0.3, 0.4) is 0 Å². The Hall–Kier alpha value is -1.20. The van der Waals surface area contributed by atoms with Gasteiger partial charge in [0, 0.05) is 6.42 Å². The van der Waals surface area contributed by atoms with Crippen molar-refractivity contribution in [2.45, 2.75) is 78.4 Å². The van der Waals surface area contributed by atoms with Gasteiger partial charge in [-0.3, -0.25) is 9.32 Å². The summed E-state index contributed by atoms with van der Waals surface area (Å²) in [7, 11) is -4.62. The number of rotatable bonds is 11. The van der Waals surface area contributed by atoms with Gasteiger partial charge in [0.2, 0.25) is 5.91 Å². The second-order valence-electron chi connectivity index (χ2n) is 5.92. The predicted molar refractivity (Wildman–Crippen MR) is 105 cm³/mol. The summed E-state index contributed by atoms with van der Waals surface area (Å²) >= 11 is 0. The van der Waals surface area contributed by atoms with E-state index in [4.69, 9.17) is 14.3 Å². The van der Waals surface area contributed by atoms with E-state index < -0.39 is 20.0 Å². The number of phosphoric ester groups is 1. The van der Waals surface area contributed by atoms with Crippen molar-refractivity contribution in [3.05, 3.63) is 35.9 Å². The lowest BCUT2D eigenvalue weighted by molar-refractivity contribution is -0.122. The highest BCUT2D eigenvalue weighted by Crippen LogP contribution is 2.40. The SMILES string of the molecule is CC.CCCCCCCC(=O)NC(c1ccccc1)C(C)OP(=O)(O)O. The highest BCUT2D eigenvalue weighted by atomic mass is 31.2. The number of carbonyl (C=O) groups excluding carboxylic acids is 1. The minimum atomic E-state index is -4.62. The molecular weight excluding hydrogens is 353 g/mol. The molecule has 0 aliphatic heterocycles. The quantitative estimate of drug-likeness (QED) is 0.377. The first-order chi connectivity index (χ1) is 12.3. The van der Waals surface area contributed by atoms with Gasteiger partial charge in [-0.2, -0.15) is 0 Å². The number of benzene rings is 1. The molecule has 26 heavy (non-hydrogen) atoms. The fourth-order valence-electron chi connectivity index (χ4n) is 2.54. The number of carbonyl (C=O) groups is 1. The lowest BCUT2D eigenvalue weighted by Crippen LogP contribution is -2.35. The zero-order valence-electron chi connectivity index (χ0n) is 16.4. The third kappa shape index (κ3) is 11.4. The van der Waals surface area contributed by atoms with Crippen molar-refractivity contribution in [1.29, 1.82) is 0 Å². The normalized spacial score (nSPS) is 13.3. The molecule has 1 aromatic rings. The van der Waals surface area contributed by atoms with Gasteiger partial charge in [0.05, 0.1) is 12.1 Å².